The van der Waals surface area contributed by atoms with Gasteiger partial charge >= 0.3 is 0 Å². The van der Waals surface area contributed by atoms with Crippen LogP contribution in [0.15, 0.2) is 47.4 Å². The van der Waals surface area contributed by atoms with E-state index >= 15 is 0 Å². The van der Waals surface area contributed by atoms with Crippen molar-refractivity contribution in [3.8, 4) is 5.75 Å². The molecule has 0 spiro atoms. The smallest absolute Gasteiger partial charge is 0.175 e. The molecule has 0 aliphatic carbocycles. The Kier molecular flexibility index (Phi) is 4.29. The molecular weight excluding hydrogens is 293 g/mol. The molecule has 1 unspecified atom stereocenters. The van der Waals surface area contributed by atoms with E-state index in [0.29, 0.717) is 11.1 Å². The van der Waals surface area contributed by atoms with Crippen molar-refractivity contribution in [3.63, 3.8) is 0 Å². The fourth-order valence-corrected chi connectivity index (χ4v) is 2.62. The van der Waals surface area contributed by atoms with E-state index in [-0.39, 0.29) is 10.6 Å². The number of methoxy groups -OCH3 is 1. The number of benzene rings is 2. The number of nitrogens with two attached hydrogens (primary N) is 1. The second-order valence-corrected chi connectivity index (χ2v) is 6.73. The predicted octanol–water partition coefficient (Wildman–Crippen LogP) is 2.29. The lowest BCUT2D eigenvalue weighted by molar-refractivity contribution is 0.386. The summed E-state index contributed by atoms with van der Waals surface area (Å²) in [7, 11) is -1.85. The van der Waals surface area contributed by atoms with Gasteiger partial charge in [-0.05, 0) is 35.4 Å². The zero-order valence-corrected chi connectivity index (χ0v) is 12.5. The van der Waals surface area contributed by atoms with Gasteiger partial charge in [0.05, 0.1) is 18.0 Å². The average Bonchev–Trinajstić information content (AvgIpc) is 2.45. The number of sulfone groups is 1. The summed E-state index contributed by atoms with van der Waals surface area (Å²) in [5.74, 6) is -0.336. The Hall–Kier alpha value is -1.92. The molecule has 0 amide bonds. The first-order chi connectivity index (χ1) is 9.82. The highest BCUT2D eigenvalue weighted by Crippen LogP contribution is 2.25. The van der Waals surface area contributed by atoms with E-state index in [1.165, 1.54) is 31.4 Å². The minimum Gasteiger partial charge on any atom is -0.494 e. The Labute approximate surface area is 123 Å². The molecule has 0 aliphatic rings. The van der Waals surface area contributed by atoms with Gasteiger partial charge in [-0.1, -0.05) is 18.2 Å². The van der Waals surface area contributed by atoms with Gasteiger partial charge in [0.25, 0.3) is 0 Å². The van der Waals surface area contributed by atoms with Gasteiger partial charge < -0.3 is 10.5 Å². The SMILES string of the molecule is COc1ccc(C(N)c2ccc(S(C)(=O)=O)cc2)cc1F. The van der Waals surface area contributed by atoms with Crippen LogP contribution in [0.2, 0.25) is 0 Å². The van der Waals surface area contributed by atoms with Crippen LogP contribution >= 0.6 is 0 Å². The standard InChI is InChI=1S/C15H16FNO3S/c1-20-14-8-5-11(9-13(14)16)15(17)10-3-6-12(7-4-10)21(2,18)19/h3-9,15H,17H2,1-2H3. The second kappa shape index (κ2) is 5.83. The molecule has 1 atom stereocenters. The summed E-state index contributed by atoms with van der Waals surface area (Å²) in [5.41, 5.74) is 7.36. The van der Waals surface area contributed by atoms with Crippen molar-refractivity contribution >= 4 is 9.84 Å². The van der Waals surface area contributed by atoms with Crippen LogP contribution in [0.1, 0.15) is 17.2 Å². The molecule has 0 bridgehead atoms. The third-order valence-corrected chi connectivity index (χ3v) is 4.33. The molecule has 0 radical (unpaired) electrons. The van der Waals surface area contributed by atoms with Crippen LogP contribution in [0.3, 0.4) is 0 Å². The topological polar surface area (TPSA) is 69.4 Å². The lowest BCUT2D eigenvalue weighted by Gasteiger charge is -2.14. The Morgan fingerprint density at radius 2 is 1.67 bits per heavy atom. The summed E-state index contributed by atoms with van der Waals surface area (Å²) in [6, 6.07) is 10.2. The zero-order chi connectivity index (χ0) is 15.6. The van der Waals surface area contributed by atoms with Crippen molar-refractivity contribution in [2.45, 2.75) is 10.9 Å². The molecule has 0 fully saturated rings. The average molecular weight is 309 g/mol. The molecule has 0 aliphatic heterocycles. The minimum atomic E-state index is -3.24. The largest absolute Gasteiger partial charge is 0.494 e. The molecule has 112 valence electrons. The zero-order valence-electron chi connectivity index (χ0n) is 11.7. The van der Waals surface area contributed by atoms with E-state index in [4.69, 9.17) is 10.5 Å². The van der Waals surface area contributed by atoms with Crippen molar-refractivity contribution in [1.82, 2.24) is 0 Å². The maximum absolute atomic E-state index is 13.7. The van der Waals surface area contributed by atoms with E-state index < -0.39 is 21.7 Å². The molecule has 4 nitrogen and oxygen atoms in total. The Morgan fingerprint density at radius 1 is 1.10 bits per heavy atom. The van der Waals surface area contributed by atoms with Gasteiger partial charge in [0.1, 0.15) is 0 Å². The van der Waals surface area contributed by atoms with Crippen LogP contribution in [0.5, 0.6) is 5.75 Å². The molecule has 6 heteroatoms. The summed E-state index contributed by atoms with van der Waals surface area (Å²) in [6.45, 7) is 0. The van der Waals surface area contributed by atoms with Gasteiger partial charge in [-0.15, -0.1) is 0 Å². The Balaban J connectivity index is 2.31. The van der Waals surface area contributed by atoms with Crippen molar-refractivity contribution in [2.75, 3.05) is 13.4 Å². The molecular formula is C15H16FNO3S. The third kappa shape index (κ3) is 3.40. The molecule has 2 N–H and O–H groups in total. The van der Waals surface area contributed by atoms with E-state index in [1.807, 2.05) is 0 Å². The second-order valence-electron chi connectivity index (χ2n) is 4.71. The maximum Gasteiger partial charge on any atom is 0.175 e. The number of hydrogen-bond acceptors (Lipinski definition) is 4. The molecule has 2 aromatic rings. The van der Waals surface area contributed by atoms with Crippen molar-refractivity contribution in [1.29, 1.82) is 0 Å². The number of rotatable bonds is 4. The van der Waals surface area contributed by atoms with Crippen LogP contribution in [0.4, 0.5) is 4.39 Å². The summed E-state index contributed by atoms with van der Waals surface area (Å²) in [4.78, 5) is 0.222. The van der Waals surface area contributed by atoms with E-state index in [0.717, 1.165) is 6.26 Å². The Morgan fingerprint density at radius 3 is 2.14 bits per heavy atom. The summed E-state index contributed by atoms with van der Waals surface area (Å²) in [5, 5.41) is 0. The van der Waals surface area contributed by atoms with Gasteiger partial charge in [0, 0.05) is 6.26 Å². The molecule has 0 saturated heterocycles. The predicted molar refractivity (Wildman–Crippen MR) is 78.5 cm³/mol. The number of hydrogen-bond donors (Lipinski definition) is 1. The molecule has 0 saturated carbocycles. The first kappa shape index (κ1) is 15.5. The normalized spacial score (nSPS) is 13.0. The van der Waals surface area contributed by atoms with Gasteiger partial charge in [0.15, 0.2) is 21.4 Å². The number of ether oxygens (including phenoxy) is 1. The van der Waals surface area contributed by atoms with E-state index in [1.54, 1.807) is 18.2 Å². The highest BCUT2D eigenvalue weighted by molar-refractivity contribution is 7.90. The van der Waals surface area contributed by atoms with Crippen molar-refractivity contribution in [2.24, 2.45) is 5.73 Å². The monoisotopic (exact) mass is 309 g/mol. The van der Waals surface area contributed by atoms with Crippen LogP contribution in [-0.4, -0.2) is 21.8 Å². The van der Waals surface area contributed by atoms with Crippen molar-refractivity contribution in [3.05, 3.63) is 59.4 Å². The fourth-order valence-electron chi connectivity index (χ4n) is 1.99. The van der Waals surface area contributed by atoms with Crippen LogP contribution in [-0.2, 0) is 9.84 Å². The van der Waals surface area contributed by atoms with Gasteiger partial charge in [0.2, 0.25) is 0 Å². The van der Waals surface area contributed by atoms with E-state index in [2.05, 4.69) is 0 Å². The Bertz CT molecular complexity index is 742. The summed E-state index contributed by atoms with van der Waals surface area (Å²) < 4.78 is 41.4. The maximum atomic E-state index is 13.7. The molecule has 21 heavy (non-hydrogen) atoms. The molecule has 0 aromatic heterocycles. The molecule has 2 rings (SSSR count). The van der Waals surface area contributed by atoms with E-state index in [9.17, 15) is 12.8 Å². The van der Waals surface area contributed by atoms with Gasteiger partial charge in [-0.25, -0.2) is 12.8 Å². The fraction of sp³-hybridized carbons (Fsp3) is 0.200. The van der Waals surface area contributed by atoms with Gasteiger partial charge in [-0.3, -0.25) is 0 Å². The lowest BCUT2D eigenvalue weighted by atomic mass is 9.99. The molecule has 0 heterocycles. The minimum absolute atomic E-state index is 0.151. The quantitative estimate of drug-likeness (QED) is 0.941. The summed E-state index contributed by atoms with van der Waals surface area (Å²) in [6.07, 6.45) is 1.14. The number of halogens is 1. The first-order valence-corrected chi connectivity index (χ1v) is 8.11. The summed E-state index contributed by atoms with van der Waals surface area (Å²) >= 11 is 0. The van der Waals surface area contributed by atoms with Crippen LogP contribution in [0, 0.1) is 5.82 Å². The first-order valence-electron chi connectivity index (χ1n) is 6.22. The highest BCUT2D eigenvalue weighted by atomic mass is 32.2. The third-order valence-electron chi connectivity index (χ3n) is 3.20. The van der Waals surface area contributed by atoms with Gasteiger partial charge in [-0.2, -0.15) is 0 Å². The van der Waals surface area contributed by atoms with Crippen LogP contribution < -0.4 is 10.5 Å². The lowest BCUT2D eigenvalue weighted by Crippen LogP contribution is -2.12. The van der Waals surface area contributed by atoms with Crippen molar-refractivity contribution < 1.29 is 17.5 Å². The highest BCUT2D eigenvalue weighted by Gasteiger charge is 2.13. The molecule has 2 aromatic carbocycles. The van der Waals surface area contributed by atoms with Crippen LogP contribution in [0.25, 0.3) is 0 Å².